The van der Waals surface area contributed by atoms with Gasteiger partial charge in [0.1, 0.15) is 23.7 Å². The van der Waals surface area contributed by atoms with Gasteiger partial charge in [-0.1, -0.05) is 97.1 Å². The highest BCUT2D eigenvalue weighted by Gasteiger charge is 2.38. The molecule has 0 unspecified atom stereocenters. The number of fused-ring (bicyclic) bond motifs is 1. The number of rotatable bonds is 11. The minimum Gasteiger partial charge on any atom is -0.453 e. The summed E-state index contributed by atoms with van der Waals surface area (Å²) < 4.78 is 9.70. The van der Waals surface area contributed by atoms with Crippen LogP contribution in [0.1, 0.15) is 79.0 Å². The van der Waals surface area contributed by atoms with E-state index in [1.807, 2.05) is 108 Å². The molecule has 2 saturated heterocycles. The van der Waals surface area contributed by atoms with Crippen LogP contribution in [0.4, 0.5) is 9.59 Å². The lowest BCUT2D eigenvalue weighted by Crippen LogP contribution is -2.46. The van der Waals surface area contributed by atoms with Crippen molar-refractivity contribution < 1.29 is 28.7 Å². The third kappa shape index (κ3) is 9.03. The number of nitrogens with zero attached hydrogens (tertiary/aromatic N) is 5. The highest BCUT2D eigenvalue weighted by atomic mass is 16.5. The smallest absolute Gasteiger partial charge is 0.407 e. The average molecular weight is 872 g/mol. The monoisotopic (exact) mass is 871 g/mol. The van der Waals surface area contributed by atoms with Crippen molar-refractivity contribution >= 4 is 34.9 Å². The van der Waals surface area contributed by atoms with Crippen LogP contribution in [0.3, 0.4) is 0 Å². The van der Waals surface area contributed by atoms with Crippen LogP contribution < -0.4 is 10.6 Å². The molecule has 5 heterocycles. The SMILES string of the molecule is COC(=O)N[C@@H](C(=O)N1CCCC[C@H]1c1ncc(-c2ccc(-c3ccc4cc(-c5cnc([C@@H]6CCCN6C(=O)[C@H](NC(=O)OC)c6ccccc6)[nH]5)ccc4n3)cc2)[nH]1)c1ccccc1. The van der Waals surface area contributed by atoms with Gasteiger partial charge in [0.05, 0.1) is 61.3 Å². The molecule has 0 spiro atoms. The van der Waals surface area contributed by atoms with E-state index in [9.17, 15) is 19.2 Å². The summed E-state index contributed by atoms with van der Waals surface area (Å²) in [6.45, 7) is 1.09. The molecule has 9 rings (SSSR count). The molecule has 2 aliphatic rings. The predicted molar refractivity (Wildman–Crippen MR) is 244 cm³/mol. The molecule has 2 aliphatic heterocycles. The normalized spacial score (nSPS) is 17.0. The lowest BCUT2D eigenvalue weighted by molar-refractivity contribution is -0.137. The van der Waals surface area contributed by atoms with Gasteiger partial charge in [-0.15, -0.1) is 0 Å². The number of pyridine rings is 1. The van der Waals surface area contributed by atoms with E-state index in [1.165, 1.54) is 14.2 Å². The van der Waals surface area contributed by atoms with Crippen LogP contribution in [-0.4, -0.2) is 86.0 Å². The summed E-state index contributed by atoms with van der Waals surface area (Å²) >= 11 is 0. The van der Waals surface area contributed by atoms with Gasteiger partial charge in [0.2, 0.25) is 0 Å². The van der Waals surface area contributed by atoms with Crippen LogP contribution in [0.25, 0.3) is 44.7 Å². The number of ether oxygens (including phenoxy) is 2. The van der Waals surface area contributed by atoms with Gasteiger partial charge in [-0.3, -0.25) is 9.59 Å². The number of H-pyrrole nitrogens is 2. The lowest BCUT2D eigenvalue weighted by atomic mass is 9.98. The highest BCUT2D eigenvalue weighted by Crippen LogP contribution is 2.36. The van der Waals surface area contributed by atoms with Gasteiger partial charge in [0.15, 0.2) is 0 Å². The summed E-state index contributed by atoms with van der Waals surface area (Å²) in [5, 5.41) is 6.41. The molecule has 0 bridgehead atoms. The first kappa shape index (κ1) is 42.5. The number of hydrogen-bond donors (Lipinski definition) is 4. The van der Waals surface area contributed by atoms with Crippen LogP contribution in [0, 0.1) is 0 Å². The van der Waals surface area contributed by atoms with E-state index in [0.717, 1.165) is 76.8 Å². The Hall–Kier alpha value is -7.81. The Morgan fingerprint density at radius 3 is 1.68 bits per heavy atom. The Morgan fingerprint density at radius 2 is 1.11 bits per heavy atom. The number of amides is 4. The number of aromatic nitrogens is 5. The fraction of sp³-hybridized carbons (Fsp3) is 0.260. The molecule has 4 aromatic carbocycles. The molecular weight excluding hydrogens is 823 g/mol. The molecular formula is C50H49N9O6. The van der Waals surface area contributed by atoms with Crippen molar-refractivity contribution in [2.45, 2.75) is 56.3 Å². The molecule has 2 fully saturated rings. The molecule has 330 valence electrons. The van der Waals surface area contributed by atoms with Gasteiger partial charge >= 0.3 is 12.2 Å². The second-order valence-corrected chi connectivity index (χ2v) is 16.2. The zero-order valence-electron chi connectivity index (χ0n) is 36.1. The molecule has 15 heteroatoms. The van der Waals surface area contributed by atoms with Crippen molar-refractivity contribution in [3.05, 3.63) is 150 Å². The Morgan fingerprint density at radius 1 is 0.600 bits per heavy atom. The number of nitrogens with one attached hydrogen (secondary N) is 4. The number of hydrogen-bond acceptors (Lipinski definition) is 9. The molecule has 0 aliphatic carbocycles. The minimum atomic E-state index is -0.894. The van der Waals surface area contributed by atoms with Crippen molar-refractivity contribution in [1.29, 1.82) is 0 Å². The van der Waals surface area contributed by atoms with Crippen LogP contribution >= 0.6 is 0 Å². The summed E-state index contributed by atoms with van der Waals surface area (Å²) in [7, 11) is 2.56. The van der Waals surface area contributed by atoms with Gasteiger partial charge in [-0.2, -0.15) is 0 Å². The highest BCUT2D eigenvalue weighted by molar-refractivity contribution is 5.89. The fourth-order valence-electron chi connectivity index (χ4n) is 8.93. The number of imidazole rings is 2. The van der Waals surface area contributed by atoms with Crippen LogP contribution in [0.5, 0.6) is 0 Å². The molecule has 0 saturated carbocycles. The van der Waals surface area contributed by atoms with E-state index in [1.54, 1.807) is 17.3 Å². The third-order valence-corrected chi connectivity index (χ3v) is 12.3. The predicted octanol–water partition coefficient (Wildman–Crippen LogP) is 8.59. The standard InChI is InChI=1S/C50H49N9O6/c1-64-49(62)56-43(33-12-5-3-6-13-33)47(60)58-26-10-9-16-41(58)45-51-29-39(54-45)32-20-18-31(19-21-32)37-24-22-35-28-36(23-25-38(35)53-37)40-30-52-46(55-40)42-17-11-27-59(42)48(61)44(57-50(63)65-2)34-14-7-4-8-15-34/h3-8,12-15,18-25,28-30,41-44H,9-11,16-17,26-27H2,1-2H3,(H,51,54)(H,52,55)(H,56,62)(H,57,63)/t41-,42-,43+,44+/m0/s1. The maximum Gasteiger partial charge on any atom is 0.407 e. The van der Waals surface area contributed by atoms with Gasteiger partial charge in [0.25, 0.3) is 11.8 Å². The quantitative estimate of drug-likeness (QED) is 0.0987. The number of carbonyl (C=O) groups excluding carboxylic acids is 4. The van der Waals surface area contributed by atoms with Gasteiger partial charge in [-0.05, 0) is 67.0 Å². The van der Waals surface area contributed by atoms with Gasteiger partial charge in [-0.25, -0.2) is 24.5 Å². The first-order valence-electron chi connectivity index (χ1n) is 21.8. The molecule has 0 radical (unpaired) electrons. The largest absolute Gasteiger partial charge is 0.453 e. The maximum absolute atomic E-state index is 14.1. The topological polar surface area (TPSA) is 188 Å². The van der Waals surface area contributed by atoms with Crippen LogP contribution in [0.2, 0.25) is 0 Å². The number of aromatic amines is 2. The van der Waals surface area contributed by atoms with E-state index >= 15 is 0 Å². The second kappa shape index (κ2) is 18.9. The minimum absolute atomic E-state index is 0.213. The van der Waals surface area contributed by atoms with E-state index in [2.05, 4.69) is 32.7 Å². The Labute approximate surface area is 375 Å². The number of likely N-dealkylation sites (tertiary alicyclic amines) is 2. The number of piperidine rings is 1. The number of methoxy groups -OCH3 is 2. The van der Waals surface area contributed by atoms with E-state index in [-0.39, 0.29) is 23.9 Å². The molecule has 4 amide bonds. The molecule has 4 N–H and O–H groups in total. The van der Waals surface area contributed by atoms with E-state index < -0.39 is 24.3 Å². The third-order valence-electron chi connectivity index (χ3n) is 12.3. The molecule has 15 nitrogen and oxygen atoms in total. The van der Waals surface area contributed by atoms with Crippen molar-refractivity contribution in [1.82, 2.24) is 45.4 Å². The van der Waals surface area contributed by atoms with Crippen molar-refractivity contribution in [2.24, 2.45) is 0 Å². The number of carbonyl (C=O) groups is 4. The molecule has 4 atom stereocenters. The van der Waals surface area contributed by atoms with E-state index in [4.69, 9.17) is 24.4 Å². The summed E-state index contributed by atoms with van der Waals surface area (Å²) in [4.78, 5) is 77.6. The fourth-order valence-corrected chi connectivity index (χ4v) is 8.93. The second-order valence-electron chi connectivity index (χ2n) is 16.2. The molecule has 7 aromatic rings. The maximum atomic E-state index is 14.1. The van der Waals surface area contributed by atoms with Crippen molar-refractivity contribution in [3.63, 3.8) is 0 Å². The Bertz CT molecular complexity index is 2810. The zero-order chi connectivity index (χ0) is 44.9. The van der Waals surface area contributed by atoms with Crippen LogP contribution in [-0.2, 0) is 19.1 Å². The average Bonchev–Trinajstić information content (AvgIpc) is 4.17. The van der Waals surface area contributed by atoms with Gasteiger partial charge < -0.3 is 39.9 Å². The zero-order valence-corrected chi connectivity index (χ0v) is 36.1. The first-order valence-corrected chi connectivity index (χ1v) is 21.8. The number of alkyl carbamates (subject to hydrolysis) is 2. The van der Waals surface area contributed by atoms with Crippen LogP contribution in [0.15, 0.2) is 128 Å². The van der Waals surface area contributed by atoms with Crippen molar-refractivity contribution in [2.75, 3.05) is 27.3 Å². The summed E-state index contributed by atoms with van der Waals surface area (Å²) in [5.74, 6) is 0.949. The molecule has 3 aromatic heterocycles. The Kier molecular flexibility index (Phi) is 12.3. The summed E-state index contributed by atoms with van der Waals surface area (Å²) in [6, 6.07) is 34.3. The Balaban J connectivity index is 0.881. The first-order chi connectivity index (χ1) is 31.8. The van der Waals surface area contributed by atoms with E-state index in [0.29, 0.717) is 35.9 Å². The van der Waals surface area contributed by atoms with Gasteiger partial charge in [0, 0.05) is 29.6 Å². The summed E-state index contributed by atoms with van der Waals surface area (Å²) in [5.41, 5.74) is 7.52. The lowest BCUT2D eigenvalue weighted by Gasteiger charge is -2.37. The molecule has 65 heavy (non-hydrogen) atoms. The number of benzene rings is 4. The summed E-state index contributed by atoms with van der Waals surface area (Å²) in [6.07, 6.45) is 6.33. The van der Waals surface area contributed by atoms with Crippen molar-refractivity contribution in [3.8, 4) is 33.8 Å².